The van der Waals surface area contributed by atoms with E-state index in [1.165, 1.54) is 0 Å². The standard InChI is InChI=1S/C12H24Se6/c1-4-13-10-15-6-2-8-17-12-18-9-3-7-16-11-14-5-1/h1-12H2. The zero-order valence-electron chi connectivity index (χ0n) is 10.9. The minimum absolute atomic E-state index is 1.03. The fraction of sp³-hybridized carbons (Fsp3) is 1.00. The van der Waals surface area contributed by atoms with Crippen molar-refractivity contribution in [2.75, 3.05) is 0 Å². The normalized spacial score (nSPS) is 24.0. The summed E-state index contributed by atoms with van der Waals surface area (Å²) in [5.41, 5.74) is 0. The van der Waals surface area contributed by atoms with Gasteiger partial charge in [0, 0.05) is 0 Å². The molecule has 18 heavy (non-hydrogen) atoms. The van der Waals surface area contributed by atoms with E-state index in [0.717, 1.165) is 89.7 Å². The summed E-state index contributed by atoms with van der Waals surface area (Å²) in [6.45, 7) is 0. The first-order valence-electron chi connectivity index (χ1n) is 6.46. The molecule has 1 rings (SSSR count). The third-order valence-electron chi connectivity index (χ3n) is 2.23. The monoisotopic (exact) mass is 648 g/mol. The molecule has 0 aromatic heterocycles. The van der Waals surface area contributed by atoms with Gasteiger partial charge in [0.15, 0.2) is 0 Å². The van der Waals surface area contributed by atoms with Crippen molar-refractivity contribution in [3.05, 3.63) is 0 Å². The molecule has 0 amide bonds. The molecule has 0 bridgehead atoms. The molecule has 0 spiro atoms. The Morgan fingerprint density at radius 3 is 0.778 bits per heavy atom. The third-order valence-corrected chi connectivity index (χ3v) is 22.5. The van der Waals surface area contributed by atoms with Gasteiger partial charge in [0.05, 0.1) is 0 Å². The molecular weight excluding hydrogens is 618 g/mol. The summed E-state index contributed by atoms with van der Waals surface area (Å²) in [4.78, 5) is 0. The molecule has 6 heteroatoms. The summed E-state index contributed by atoms with van der Waals surface area (Å²) in [6, 6.07) is 0. The Morgan fingerprint density at radius 2 is 0.556 bits per heavy atom. The molecule has 0 unspecified atom stereocenters. The summed E-state index contributed by atoms with van der Waals surface area (Å²) in [5.74, 6) is 0. The minimum atomic E-state index is 1.03. The summed E-state index contributed by atoms with van der Waals surface area (Å²) in [5, 5.41) is 9.64. The Balaban J connectivity index is 2.00. The van der Waals surface area contributed by atoms with E-state index >= 15 is 0 Å². The molecule has 0 aromatic carbocycles. The van der Waals surface area contributed by atoms with Crippen molar-refractivity contribution in [2.45, 2.75) is 63.8 Å². The molecule has 1 aliphatic heterocycles. The van der Waals surface area contributed by atoms with E-state index in [2.05, 4.69) is 0 Å². The van der Waals surface area contributed by atoms with Gasteiger partial charge in [-0.2, -0.15) is 0 Å². The summed E-state index contributed by atoms with van der Waals surface area (Å²) in [7, 11) is 0. The summed E-state index contributed by atoms with van der Waals surface area (Å²) in [6.07, 6.45) is 4.75. The van der Waals surface area contributed by atoms with E-state index in [1.54, 1.807) is 63.8 Å². The van der Waals surface area contributed by atoms with Crippen LogP contribution in [0.5, 0.6) is 0 Å². The number of rotatable bonds is 0. The molecule has 0 radical (unpaired) electrons. The van der Waals surface area contributed by atoms with Crippen LogP contribution in [0.4, 0.5) is 0 Å². The maximum atomic E-state index is 1.65. The van der Waals surface area contributed by atoms with E-state index in [0.29, 0.717) is 0 Å². The molecule has 0 saturated carbocycles. The van der Waals surface area contributed by atoms with Crippen molar-refractivity contribution < 1.29 is 0 Å². The Kier molecular flexibility index (Phi) is 17.6. The first-order chi connectivity index (χ1) is 9.00. The van der Waals surface area contributed by atoms with Crippen LogP contribution in [0.2, 0.25) is 44.6 Å². The molecular formula is C12H24Se6. The SMILES string of the molecule is C1C[Se]C[Se]CCC[Se]C[Se]CCC[Se]C[Se]C1. The van der Waals surface area contributed by atoms with Crippen LogP contribution in [0.1, 0.15) is 19.3 Å². The van der Waals surface area contributed by atoms with Crippen molar-refractivity contribution in [2.24, 2.45) is 0 Å². The fourth-order valence-electron chi connectivity index (χ4n) is 1.32. The Bertz CT molecular complexity index is 91.6. The predicted molar refractivity (Wildman–Crippen MR) is 91.6 cm³/mol. The van der Waals surface area contributed by atoms with Gasteiger partial charge in [-0.15, -0.1) is 0 Å². The van der Waals surface area contributed by atoms with E-state index in [9.17, 15) is 0 Å². The third kappa shape index (κ3) is 14.1. The quantitative estimate of drug-likeness (QED) is 0.357. The van der Waals surface area contributed by atoms with E-state index in [-0.39, 0.29) is 0 Å². The van der Waals surface area contributed by atoms with Crippen molar-refractivity contribution in [1.29, 1.82) is 0 Å². The van der Waals surface area contributed by atoms with Crippen LogP contribution >= 0.6 is 0 Å². The maximum absolute atomic E-state index is 1.65. The first kappa shape index (κ1) is 19.2. The molecule has 1 saturated heterocycles. The summed E-state index contributed by atoms with van der Waals surface area (Å²) < 4.78 is 4.94. The predicted octanol–water partition coefficient (Wildman–Crippen LogP) is 3.03. The van der Waals surface area contributed by atoms with Crippen LogP contribution < -0.4 is 0 Å². The topological polar surface area (TPSA) is 0 Å². The van der Waals surface area contributed by atoms with Gasteiger partial charge in [0.25, 0.3) is 0 Å². The van der Waals surface area contributed by atoms with Gasteiger partial charge in [0.2, 0.25) is 0 Å². The molecule has 0 aliphatic carbocycles. The van der Waals surface area contributed by atoms with Gasteiger partial charge >= 0.3 is 154 Å². The van der Waals surface area contributed by atoms with Gasteiger partial charge in [0.1, 0.15) is 0 Å². The second-order valence-electron chi connectivity index (χ2n) is 3.86. The molecule has 0 nitrogen and oxygen atoms in total. The van der Waals surface area contributed by atoms with Gasteiger partial charge < -0.3 is 0 Å². The van der Waals surface area contributed by atoms with Crippen molar-refractivity contribution >= 4 is 89.7 Å². The van der Waals surface area contributed by atoms with E-state index in [1.807, 2.05) is 0 Å². The van der Waals surface area contributed by atoms with Crippen molar-refractivity contribution in [3.8, 4) is 0 Å². The average Bonchev–Trinajstić information content (AvgIpc) is 2.39. The average molecular weight is 642 g/mol. The van der Waals surface area contributed by atoms with Crippen LogP contribution in [0.3, 0.4) is 0 Å². The number of hydrogen-bond acceptors (Lipinski definition) is 0. The fourth-order valence-corrected chi connectivity index (χ4v) is 22.3. The molecule has 108 valence electrons. The van der Waals surface area contributed by atoms with Gasteiger partial charge in [-0.1, -0.05) is 0 Å². The number of hydrogen-bond donors (Lipinski definition) is 0. The summed E-state index contributed by atoms with van der Waals surface area (Å²) >= 11 is 6.17. The second kappa shape index (κ2) is 16.5. The van der Waals surface area contributed by atoms with Crippen LogP contribution in [0, 0.1) is 0 Å². The molecule has 0 atom stereocenters. The first-order valence-corrected chi connectivity index (χ1v) is 21.0. The molecule has 1 fully saturated rings. The Hall–Kier alpha value is 3.12. The van der Waals surface area contributed by atoms with Crippen LogP contribution in [-0.2, 0) is 0 Å². The van der Waals surface area contributed by atoms with E-state index < -0.39 is 0 Å². The molecule has 0 aromatic rings. The van der Waals surface area contributed by atoms with Gasteiger partial charge in [-0.05, 0) is 0 Å². The second-order valence-corrected chi connectivity index (χ2v) is 23.3. The zero-order valence-corrected chi connectivity index (χ0v) is 21.2. The van der Waals surface area contributed by atoms with Crippen molar-refractivity contribution in [3.63, 3.8) is 0 Å². The van der Waals surface area contributed by atoms with Gasteiger partial charge in [-0.3, -0.25) is 0 Å². The molecule has 1 aliphatic rings. The van der Waals surface area contributed by atoms with Gasteiger partial charge in [-0.25, -0.2) is 0 Å². The van der Waals surface area contributed by atoms with Crippen LogP contribution in [0.15, 0.2) is 0 Å². The Labute approximate surface area is 151 Å². The molecule has 0 N–H and O–H groups in total. The zero-order chi connectivity index (χ0) is 12.7. The van der Waals surface area contributed by atoms with Crippen molar-refractivity contribution in [1.82, 2.24) is 0 Å². The molecule has 1 heterocycles. The Morgan fingerprint density at radius 1 is 0.333 bits per heavy atom. The van der Waals surface area contributed by atoms with E-state index in [4.69, 9.17) is 0 Å². The van der Waals surface area contributed by atoms with Crippen LogP contribution in [-0.4, -0.2) is 89.7 Å². The van der Waals surface area contributed by atoms with Crippen LogP contribution in [0.25, 0.3) is 0 Å².